The van der Waals surface area contributed by atoms with E-state index in [4.69, 9.17) is 5.84 Å². The smallest absolute Gasteiger partial charge is 0.0725 e. The summed E-state index contributed by atoms with van der Waals surface area (Å²) in [5, 5.41) is 0. The Hall–Kier alpha value is -1.71. The van der Waals surface area contributed by atoms with Gasteiger partial charge in [-0.1, -0.05) is 35.9 Å². The molecular weight excluding hydrogens is 210 g/mol. The molecule has 1 aromatic heterocycles. The van der Waals surface area contributed by atoms with E-state index in [1.54, 1.807) is 0 Å². The molecule has 0 saturated carbocycles. The number of hydrogen-bond acceptors (Lipinski definition) is 3. The maximum Gasteiger partial charge on any atom is 0.0725 e. The lowest BCUT2D eigenvalue weighted by atomic mass is 10.00. The second-order valence-corrected chi connectivity index (χ2v) is 4.24. The number of nitrogens with one attached hydrogen (secondary N) is 1. The van der Waals surface area contributed by atoms with Crippen molar-refractivity contribution in [1.29, 1.82) is 0 Å². The zero-order chi connectivity index (χ0) is 12.3. The Morgan fingerprint density at radius 2 is 1.65 bits per heavy atom. The van der Waals surface area contributed by atoms with E-state index in [9.17, 15) is 0 Å². The van der Waals surface area contributed by atoms with Crippen LogP contribution in [0.25, 0.3) is 0 Å². The number of hydrazine groups is 1. The van der Waals surface area contributed by atoms with Gasteiger partial charge in [-0.25, -0.2) is 5.43 Å². The molecule has 3 N–H and O–H groups in total. The first-order chi connectivity index (χ1) is 8.20. The molecule has 0 radical (unpaired) electrons. The van der Waals surface area contributed by atoms with Gasteiger partial charge in [-0.2, -0.15) is 0 Å². The van der Waals surface area contributed by atoms with Crippen LogP contribution in [-0.4, -0.2) is 4.98 Å². The lowest BCUT2D eigenvalue weighted by Crippen LogP contribution is -2.28. The van der Waals surface area contributed by atoms with Crippen LogP contribution in [0.2, 0.25) is 0 Å². The van der Waals surface area contributed by atoms with Gasteiger partial charge >= 0.3 is 0 Å². The molecule has 0 amide bonds. The van der Waals surface area contributed by atoms with Crippen molar-refractivity contribution in [3.8, 4) is 0 Å². The summed E-state index contributed by atoms with van der Waals surface area (Å²) in [6, 6.07) is 12.4. The van der Waals surface area contributed by atoms with E-state index >= 15 is 0 Å². The third kappa shape index (κ3) is 2.70. The fourth-order valence-corrected chi connectivity index (χ4v) is 1.79. The Morgan fingerprint density at radius 3 is 2.18 bits per heavy atom. The van der Waals surface area contributed by atoms with E-state index in [1.807, 2.05) is 25.3 Å². The van der Waals surface area contributed by atoms with Gasteiger partial charge in [0.1, 0.15) is 0 Å². The molecular formula is C14H17N3. The second kappa shape index (κ2) is 5.08. The fraction of sp³-hybridized carbons (Fsp3) is 0.214. The van der Waals surface area contributed by atoms with Crippen molar-refractivity contribution in [2.75, 3.05) is 0 Å². The van der Waals surface area contributed by atoms with Crippen LogP contribution in [0.5, 0.6) is 0 Å². The van der Waals surface area contributed by atoms with E-state index in [1.165, 1.54) is 5.56 Å². The molecule has 17 heavy (non-hydrogen) atoms. The summed E-state index contributed by atoms with van der Waals surface area (Å²) in [5.41, 5.74) is 7.30. The Bertz CT molecular complexity index is 428. The first-order valence-electron chi connectivity index (χ1n) is 5.66. The molecule has 1 aromatic carbocycles. The monoisotopic (exact) mass is 227 g/mol. The number of benzene rings is 1. The van der Waals surface area contributed by atoms with Crippen molar-refractivity contribution in [2.24, 2.45) is 5.84 Å². The van der Waals surface area contributed by atoms with E-state index in [0.717, 1.165) is 16.8 Å². The van der Waals surface area contributed by atoms with Crippen LogP contribution in [0, 0.1) is 13.8 Å². The molecule has 0 bridgehead atoms. The highest BCUT2D eigenvalue weighted by atomic mass is 15.2. The third-order valence-electron chi connectivity index (χ3n) is 2.84. The summed E-state index contributed by atoms with van der Waals surface area (Å²) >= 11 is 0. The number of nitrogens with two attached hydrogens (primary N) is 1. The summed E-state index contributed by atoms with van der Waals surface area (Å²) in [7, 11) is 0. The molecule has 2 rings (SSSR count). The first kappa shape index (κ1) is 11.8. The molecule has 0 spiro atoms. The largest absolute Gasteiger partial charge is 0.271 e. The summed E-state index contributed by atoms with van der Waals surface area (Å²) in [5.74, 6) is 5.64. The molecule has 1 heterocycles. The molecule has 2 aromatic rings. The maximum absolute atomic E-state index is 5.64. The highest BCUT2D eigenvalue weighted by Crippen LogP contribution is 2.20. The van der Waals surface area contributed by atoms with Gasteiger partial charge in [0.25, 0.3) is 0 Å². The van der Waals surface area contributed by atoms with Gasteiger partial charge in [0.05, 0.1) is 6.04 Å². The molecule has 0 aliphatic heterocycles. The van der Waals surface area contributed by atoms with E-state index in [-0.39, 0.29) is 6.04 Å². The molecule has 0 aliphatic rings. The lowest BCUT2D eigenvalue weighted by Gasteiger charge is -2.16. The topological polar surface area (TPSA) is 50.9 Å². The molecule has 3 heteroatoms. The molecule has 1 atom stereocenters. The predicted octanol–water partition coefficient (Wildman–Crippen LogP) is 2.25. The van der Waals surface area contributed by atoms with E-state index in [2.05, 4.69) is 41.6 Å². The van der Waals surface area contributed by atoms with Crippen molar-refractivity contribution in [3.05, 3.63) is 65.0 Å². The van der Waals surface area contributed by atoms with Crippen molar-refractivity contribution in [2.45, 2.75) is 19.9 Å². The maximum atomic E-state index is 5.64. The SMILES string of the molecule is Cc1ccc(C(NN)c2ccc(C)nc2)cc1. The summed E-state index contributed by atoms with van der Waals surface area (Å²) in [6.07, 6.45) is 1.86. The van der Waals surface area contributed by atoms with Gasteiger partial charge in [0.15, 0.2) is 0 Å². The van der Waals surface area contributed by atoms with Gasteiger partial charge in [0, 0.05) is 11.9 Å². The lowest BCUT2D eigenvalue weighted by molar-refractivity contribution is 0.634. The molecule has 0 fully saturated rings. The van der Waals surface area contributed by atoms with Gasteiger partial charge in [-0.3, -0.25) is 10.8 Å². The Labute approximate surface area is 102 Å². The number of nitrogens with zero attached hydrogens (tertiary/aromatic N) is 1. The third-order valence-corrected chi connectivity index (χ3v) is 2.84. The number of rotatable bonds is 3. The standard InChI is InChI=1S/C14H17N3/c1-10-3-6-12(7-4-10)14(17-15)13-8-5-11(2)16-9-13/h3-9,14,17H,15H2,1-2H3. The second-order valence-electron chi connectivity index (χ2n) is 4.24. The normalized spacial score (nSPS) is 12.4. The zero-order valence-corrected chi connectivity index (χ0v) is 10.1. The van der Waals surface area contributed by atoms with Gasteiger partial charge < -0.3 is 0 Å². The van der Waals surface area contributed by atoms with Crippen molar-refractivity contribution < 1.29 is 0 Å². The Morgan fingerprint density at radius 1 is 1.00 bits per heavy atom. The minimum Gasteiger partial charge on any atom is -0.271 e. The van der Waals surface area contributed by atoms with E-state index in [0.29, 0.717) is 0 Å². The highest BCUT2D eigenvalue weighted by Gasteiger charge is 2.11. The van der Waals surface area contributed by atoms with Crippen LogP contribution < -0.4 is 11.3 Å². The Kier molecular flexibility index (Phi) is 3.52. The summed E-state index contributed by atoms with van der Waals surface area (Å²) < 4.78 is 0. The average Bonchev–Trinajstić information content (AvgIpc) is 2.35. The molecule has 0 saturated heterocycles. The van der Waals surface area contributed by atoms with Crippen molar-refractivity contribution >= 4 is 0 Å². The Balaban J connectivity index is 2.33. The van der Waals surface area contributed by atoms with Crippen LogP contribution in [0.4, 0.5) is 0 Å². The van der Waals surface area contributed by atoms with Crippen LogP contribution in [0.3, 0.4) is 0 Å². The highest BCUT2D eigenvalue weighted by molar-refractivity contribution is 5.32. The van der Waals surface area contributed by atoms with Crippen LogP contribution in [0.1, 0.15) is 28.4 Å². The predicted molar refractivity (Wildman–Crippen MR) is 69.3 cm³/mol. The van der Waals surface area contributed by atoms with E-state index < -0.39 is 0 Å². The van der Waals surface area contributed by atoms with Crippen LogP contribution in [0.15, 0.2) is 42.6 Å². The number of aromatic nitrogens is 1. The number of aryl methyl sites for hydroxylation is 2. The number of hydrogen-bond donors (Lipinski definition) is 2. The minimum atomic E-state index is -0.0105. The first-order valence-corrected chi connectivity index (χ1v) is 5.66. The molecule has 0 aliphatic carbocycles. The quantitative estimate of drug-likeness (QED) is 0.624. The number of pyridine rings is 1. The van der Waals surface area contributed by atoms with Crippen molar-refractivity contribution in [1.82, 2.24) is 10.4 Å². The van der Waals surface area contributed by atoms with Gasteiger partial charge in [0.2, 0.25) is 0 Å². The minimum absolute atomic E-state index is 0.0105. The molecule has 88 valence electrons. The summed E-state index contributed by atoms with van der Waals surface area (Å²) in [4.78, 5) is 4.30. The molecule has 3 nitrogen and oxygen atoms in total. The van der Waals surface area contributed by atoms with Crippen LogP contribution >= 0.6 is 0 Å². The van der Waals surface area contributed by atoms with Crippen LogP contribution in [-0.2, 0) is 0 Å². The fourth-order valence-electron chi connectivity index (χ4n) is 1.79. The summed E-state index contributed by atoms with van der Waals surface area (Å²) in [6.45, 7) is 4.04. The zero-order valence-electron chi connectivity index (χ0n) is 10.1. The van der Waals surface area contributed by atoms with Crippen molar-refractivity contribution in [3.63, 3.8) is 0 Å². The average molecular weight is 227 g/mol. The molecule has 1 unspecified atom stereocenters. The van der Waals surface area contributed by atoms with Gasteiger partial charge in [-0.15, -0.1) is 0 Å². The van der Waals surface area contributed by atoms with Gasteiger partial charge in [-0.05, 0) is 31.0 Å².